The molecule has 96 valence electrons. The predicted octanol–water partition coefficient (Wildman–Crippen LogP) is 0.532. The van der Waals surface area contributed by atoms with Crippen LogP contribution in [0.2, 0.25) is 0 Å². The molecule has 0 aliphatic heterocycles. The van der Waals surface area contributed by atoms with Gasteiger partial charge < -0.3 is 9.47 Å². The maximum atomic E-state index is 12.3. The largest absolute Gasteiger partial charge is 0.497 e. The Kier molecular flexibility index (Phi) is 3.19. The van der Waals surface area contributed by atoms with Crippen molar-refractivity contribution < 1.29 is 17.9 Å². The van der Waals surface area contributed by atoms with Crippen LogP contribution in [-0.2, 0) is 10.0 Å². The van der Waals surface area contributed by atoms with Gasteiger partial charge in [-0.25, -0.2) is 12.4 Å². The van der Waals surface area contributed by atoms with Gasteiger partial charge in [0.1, 0.15) is 29.0 Å². The van der Waals surface area contributed by atoms with Gasteiger partial charge in [0.2, 0.25) is 0 Å². The van der Waals surface area contributed by atoms with Gasteiger partial charge in [0.15, 0.2) is 0 Å². The van der Waals surface area contributed by atoms with Crippen LogP contribution in [-0.4, -0.2) is 36.8 Å². The Bertz CT molecular complexity index is 637. The Morgan fingerprint density at radius 2 is 1.78 bits per heavy atom. The number of benzene rings is 1. The number of rotatable bonds is 4. The molecular formula is C10H11N3O4S. The van der Waals surface area contributed by atoms with Crippen molar-refractivity contribution in [2.75, 3.05) is 14.2 Å². The Hall–Kier alpha value is -2.09. The zero-order valence-electron chi connectivity index (χ0n) is 9.77. The first kappa shape index (κ1) is 12.4. The van der Waals surface area contributed by atoms with Crippen LogP contribution in [0.5, 0.6) is 11.5 Å². The molecule has 2 rings (SSSR count). The lowest BCUT2D eigenvalue weighted by molar-refractivity contribution is 0.392. The predicted molar refractivity (Wildman–Crippen MR) is 62.2 cm³/mol. The third kappa shape index (κ3) is 2.02. The summed E-state index contributed by atoms with van der Waals surface area (Å²) in [6.45, 7) is 0. The lowest BCUT2D eigenvalue weighted by atomic mass is 10.3. The van der Waals surface area contributed by atoms with E-state index >= 15 is 0 Å². The first-order chi connectivity index (χ1) is 8.59. The summed E-state index contributed by atoms with van der Waals surface area (Å²) in [5, 5.41) is 6.95. The summed E-state index contributed by atoms with van der Waals surface area (Å²) in [5.74, 6) is 0.645. The summed E-state index contributed by atoms with van der Waals surface area (Å²) < 4.78 is 35.5. The minimum Gasteiger partial charge on any atom is -0.497 e. The lowest BCUT2D eigenvalue weighted by Crippen LogP contribution is -2.12. The van der Waals surface area contributed by atoms with Crippen LogP contribution >= 0.6 is 0 Å². The SMILES string of the molecule is COc1ccc(OC)c(S(=O)(=O)n2cnnc2)c1. The summed E-state index contributed by atoms with van der Waals surface area (Å²) in [6, 6.07) is 4.52. The van der Waals surface area contributed by atoms with E-state index in [2.05, 4.69) is 10.2 Å². The topological polar surface area (TPSA) is 83.3 Å². The quantitative estimate of drug-likeness (QED) is 0.805. The average Bonchev–Trinajstić information content (AvgIpc) is 2.92. The van der Waals surface area contributed by atoms with Crippen LogP contribution in [0.1, 0.15) is 0 Å². The third-order valence-electron chi connectivity index (χ3n) is 2.32. The second kappa shape index (κ2) is 4.65. The van der Waals surface area contributed by atoms with Crippen molar-refractivity contribution in [1.82, 2.24) is 14.2 Å². The number of methoxy groups -OCH3 is 2. The highest BCUT2D eigenvalue weighted by atomic mass is 32.2. The van der Waals surface area contributed by atoms with Crippen molar-refractivity contribution in [2.45, 2.75) is 4.90 Å². The van der Waals surface area contributed by atoms with Crippen LogP contribution in [0.15, 0.2) is 35.7 Å². The Balaban J connectivity index is 2.63. The molecule has 0 fully saturated rings. The molecule has 0 amide bonds. The Morgan fingerprint density at radius 1 is 1.11 bits per heavy atom. The first-order valence-electron chi connectivity index (χ1n) is 4.92. The number of aromatic nitrogens is 3. The summed E-state index contributed by atoms with van der Waals surface area (Å²) in [5.41, 5.74) is 0. The van der Waals surface area contributed by atoms with Crippen LogP contribution in [0.3, 0.4) is 0 Å². The fraction of sp³-hybridized carbons (Fsp3) is 0.200. The highest BCUT2D eigenvalue weighted by Crippen LogP contribution is 2.29. The van der Waals surface area contributed by atoms with Crippen molar-refractivity contribution in [3.8, 4) is 11.5 Å². The normalized spacial score (nSPS) is 11.2. The summed E-state index contributed by atoms with van der Waals surface area (Å²) in [6.07, 6.45) is 2.21. The molecule has 0 aliphatic rings. The molecule has 0 N–H and O–H groups in total. The molecule has 0 atom stereocenters. The van der Waals surface area contributed by atoms with Crippen molar-refractivity contribution in [1.29, 1.82) is 0 Å². The summed E-state index contributed by atoms with van der Waals surface area (Å²) >= 11 is 0. The van der Waals surface area contributed by atoms with Gasteiger partial charge in [-0.3, -0.25) is 0 Å². The molecular weight excluding hydrogens is 258 g/mol. The number of hydrogen-bond acceptors (Lipinski definition) is 6. The zero-order chi connectivity index (χ0) is 13.2. The van der Waals surface area contributed by atoms with Crippen LogP contribution in [0.25, 0.3) is 0 Å². The van der Waals surface area contributed by atoms with Crippen molar-refractivity contribution >= 4 is 10.0 Å². The van der Waals surface area contributed by atoms with Crippen LogP contribution < -0.4 is 9.47 Å². The standard InChI is InChI=1S/C10H11N3O4S/c1-16-8-3-4-9(17-2)10(5-8)18(14,15)13-6-11-12-7-13/h3-7H,1-2H3. The fourth-order valence-corrected chi connectivity index (χ4v) is 2.64. The molecule has 1 aromatic heterocycles. The van der Waals surface area contributed by atoms with Crippen LogP contribution in [0.4, 0.5) is 0 Å². The zero-order valence-corrected chi connectivity index (χ0v) is 10.6. The van der Waals surface area contributed by atoms with E-state index < -0.39 is 10.0 Å². The van der Waals surface area contributed by atoms with E-state index in [1.807, 2.05) is 0 Å². The average molecular weight is 269 g/mol. The molecule has 0 aliphatic carbocycles. The molecule has 0 unspecified atom stereocenters. The highest BCUT2D eigenvalue weighted by molar-refractivity contribution is 7.90. The van der Waals surface area contributed by atoms with Gasteiger partial charge in [0.05, 0.1) is 14.2 Å². The number of hydrogen-bond donors (Lipinski definition) is 0. The van der Waals surface area contributed by atoms with Crippen LogP contribution in [0, 0.1) is 0 Å². The minimum absolute atomic E-state index is 0.0100. The van der Waals surface area contributed by atoms with E-state index in [1.54, 1.807) is 6.07 Å². The number of ether oxygens (including phenoxy) is 2. The van der Waals surface area contributed by atoms with Gasteiger partial charge in [0.25, 0.3) is 10.0 Å². The lowest BCUT2D eigenvalue weighted by Gasteiger charge is -2.10. The molecule has 7 nitrogen and oxygen atoms in total. The second-order valence-electron chi connectivity index (χ2n) is 3.31. The van der Waals surface area contributed by atoms with E-state index in [0.29, 0.717) is 5.75 Å². The van der Waals surface area contributed by atoms with Crippen molar-refractivity contribution in [3.05, 3.63) is 30.9 Å². The summed E-state index contributed by atoms with van der Waals surface area (Å²) in [4.78, 5) is -0.0100. The third-order valence-corrected chi connectivity index (χ3v) is 3.94. The van der Waals surface area contributed by atoms with Gasteiger partial charge in [0, 0.05) is 6.07 Å². The molecule has 1 aromatic carbocycles. The van der Waals surface area contributed by atoms with E-state index in [1.165, 1.54) is 26.4 Å². The number of nitrogens with zero attached hydrogens (tertiary/aromatic N) is 3. The van der Waals surface area contributed by atoms with Crippen molar-refractivity contribution in [2.24, 2.45) is 0 Å². The van der Waals surface area contributed by atoms with Gasteiger partial charge in [-0.2, -0.15) is 0 Å². The smallest absolute Gasteiger partial charge is 0.274 e. The maximum absolute atomic E-state index is 12.3. The van der Waals surface area contributed by atoms with E-state index in [-0.39, 0.29) is 10.6 Å². The molecule has 0 saturated heterocycles. The summed E-state index contributed by atoms with van der Waals surface area (Å²) in [7, 11) is -0.933. The van der Waals surface area contributed by atoms with Gasteiger partial charge >= 0.3 is 0 Å². The molecule has 0 spiro atoms. The van der Waals surface area contributed by atoms with Gasteiger partial charge in [-0.15, -0.1) is 10.2 Å². The van der Waals surface area contributed by atoms with E-state index in [9.17, 15) is 8.42 Å². The molecule has 2 aromatic rings. The van der Waals surface area contributed by atoms with E-state index in [4.69, 9.17) is 9.47 Å². The monoisotopic (exact) mass is 269 g/mol. The molecule has 8 heteroatoms. The molecule has 0 saturated carbocycles. The van der Waals surface area contributed by atoms with E-state index in [0.717, 1.165) is 16.6 Å². The fourth-order valence-electron chi connectivity index (χ4n) is 1.41. The Labute approximate surface area is 104 Å². The van der Waals surface area contributed by atoms with Gasteiger partial charge in [-0.05, 0) is 12.1 Å². The Morgan fingerprint density at radius 3 is 2.33 bits per heavy atom. The minimum atomic E-state index is -3.78. The second-order valence-corrected chi connectivity index (χ2v) is 5.13. The molecule has 1 heterocycles. The van der Waals surface area contributed by atoms with Gasteiger partial charge in [-0.1, -0.05) is 0 Å². The highest BCUT2D eigenvalue weighted by Gasteiger charge is 2.22. The van der Waals surface area contributed by atoms with Crippen molar-refractivity contribution in [3.63, 3.8) is 0 Å². The maximum Gasteiger partial charge on any atom is 0.274 e. The first-order valence-corrected chi connectivity index (χ1v) is 6.36. The molecule has 0 radical (unpaired) electrons. The molecule has 18 heavy (non-hydrogen) atoms. The molecule has 0 bridgehead atoms.